The van der Waals surface area contributed by atoms with Gasteiger partial charge in [0.25, 0.3) is 0 Å². The van der Waals surface area contributed by atoms with Gasteiger partial charge >= 0.3 is 0 Å². The van der Waals surface area contributed by atoms with E-state index in [9.17, 15) is 4.39 Å². The SMILES string of the molecule is CNc1cccc(C)c1COc1ccc(F)c(-c2ccc(Cl)cc2)c1.NNC=O. The van der Waals surface area contributed by atoms with Crippen LogP contribution in [0.4, 0.5) is 10.1 Å². The fourth-order valence-electron chi connectivity index (χ4n) is 2.73. The number of nitrogens with two attached hydrogens (primary N) is 1. The van der Waals surface area contributed by atoms with Gasteiger partial charge in [-0.25, -0.2) is 10.2 Å². The Labute approximate surface area is 174 Å². The zero-order valence-electron chi connectivity index (χ0n) is 16.2. The molecule has 5 nitrogen and oxygen atoms in total. The number of aryl methyl sites for hydroxylation is 1. The molecule has 0 aliphatic heterocycles. The van der Waals surface area contributed by atoms with Crippen molar-refractivity contribution in [1.82, 2.24) is 5.43 Å². The van der Waals surface area contributed by atoms with E-state index in [1.165, 1.54) is 6.07 Å². The molecule has 7 heteroatoms. The highest BCUT2D eigenvalue weighted by Crippen LogP contribution is 2.29. The van der Waals surface area contributed by atoms with E-state index in [0.29, 0.717) is 29.4 Å². The number of halogens is 2. The van der Waals surface area contributed by atoms with Crippen LogP contribution in [0.15, 0.2) is 60.7 Å². The molecule has 4 N–H and O–H groups in total. The minimum Gasteiger partial charge on any atom is -0.489 e. The summed E-state index contributed by atoms with van der Waals surface area (Å²) in [7, 11) is 1.88. The van der Waals surface area contributed by atoms with Crippen LogP contribution < -0.4 is 21.3 Å². The number of hydrogen-bond donors (Lipinski definition) is 3. The molecular formula is C22H23ClFN3O2. The number of nitrogens with one attached hydrogen (secondary N) is 2. The molecule has 29 heavy (non-hydrogen) atoms. The number of rotatable bonds is 6. The smallest absolute Gasteiger partial charge is 0.221 e. The van der Waals surface area contributed by atoms with Gasteiger partial charge in [-0.3, -0.25) is 10.2 Å². The van der Waals surface area contributed by atoms with Crippen molar-refractivity contribution in [2.75, 3.05) is 12.4 Å². The van der Waals surface area contributed by atoms with Crippen LogP contribution in [0, 0.1) is 12.7 Å². The molecule has 0 bridgehead atoms. The molecule has 3 aromatic carbocycles. The van der Waals surface area contributed by atoms with Crippen molar-refractivity contribution in [1.29, 1.82) is 0 Å². The molecule has 3 aromatic rings. The molecular weight excluding hydrogens is 393 g/mol. The Morgan fingerprint density at radius 1 is 1.14 bits per heavy atom. The van der Waals surface area contributed by atoms with Crippen LogP contribution in [0.3, 0.4) is 0 Å². The standard InChI is InChI=1S/C21H19ClFNO.CH4N2O/c1-14-4-3-5-21(24-2)19(14)13-25-17-10-11-20(23)18(12-17)15-6-8-16(22)9-7-15;2-3-1-4/h3-12,24H,13H2,1-2H3;1H,2H2,(H,3,4). The molecule has 1 amide bonds. The molecule has 0 aromatic heterocycles. The van der Waals surface area contributed by atoms with Crippen LogP contribution in [0.1, 0.15) is 11.1 Å². The van der Waals surface area contributed by atoms with E-state index in [-0.39, 0.29) is 5.82 Å². The molecule has 0 aliphatic rings. The summed E-state index contributed by atoms with van der Waals surface area (Å²) >= 11 is 5.91. The molecule has 0 fully saturated rings. The quantitative estimate of drug-likeness (QED) is 0.236. The molecule has 0 saturated heterocycles. The highest BCUT2D eigenvalue weighted by molar-refractivity contribution is 6.30. The molecule has 0 atom stereocenters. The Morgan fingerprint density at radius 2 is 1.83 bits per heavy atom. The Kier molecular flexibility index (Phi) is 8.45. The first-order valence-corrected chi connectivity index (χ1v) is 9.22. The molecule has 3 rings (SSSR count). The molecule has 0 spiro atoms. The van der Waals surface area contributed by atoms with Gasteiger partial charge in [0.2, 0.25) is 6.41 Å². The lowest BCUT2D eigenvalue weighted by Gasteiger charge is -2.14. The summed E-state index contributed by atoms with van der Waals surface area (Å²) in [5, 5.41) is 3.79. The van der Waals surface area contributed by atoms with Crippen molar-refractivity contribution in [2.45, 2.75) is 13.5 Å². The summed E-state index contributed by atoms with van der Waals surface area (Å²) in [4.78, 5) is 8.94. The summed E-state index contributed by atoms with van der Waals surface area (Å²) in [6.45, 7) is 2.46. The fraction of sp³-hybridized carbons (Fsp3) is 0.136. The van der Waals surface area contributed by atoms with E-state index in [0.717, 1.165) is 22.4 Å². The van der Waals surface area contributed by atoms with E-state index in [1.54, 1.807) is 41.8 Å². The van der Waals surface area contributed by atoms with Crippen LogP contribution >= 0.6 is 11.6 Å². The molecule has 0 radical (unpaired) electrons. The van der Waals surface area contributed by atoms with Gasteiger partial charge in [-0.05, 0) is 54.4 Å². The van der Waals surface area contributed by atoms with Gasteiger partial charge in [0.05, 0.1) is 0 Å². The maximum absolute atomic E-state index is 14.2. The van der Waals surface area contributed by atoms with Gasteiger partial charge in [0.1, 0.15) is 18.2 Å². The van der Waals surface area contributed by atoms with Crippen LogP contribution in [-0.4, -0.2) is 13.5 Å². The zero-order valence-corrected chi connectivity index (χ0v) is 17.0. The van der Waals surface area contributed by atoms with Gasteiger partial charge in [-0.2, -0.15) is 0 Å². The molecule has 0 unspecified atom stereocenters. The van der Waals surface area contributed by atoms with Crippen molar-refractivity contribution in [3.8, 4) is 16.9 Å². The predicted octanol–water partition coefficient (Wildman–Crippen LogP) is 4.68. The summed E-state index contributed by atoms with van der Waals surface area (Å²) < 4.78 is 20.1. The maximum atomic E-state index is 14.2. The Balaban J connectivity index is 0.000000687. The third-order valence-corrected chi connectivity index (χ3v) is 4.48. The predicted molar refractivity (Wildman–Crippen MR) is 115 cm³/mol. The first-order chi connectivity index (χ1) is 14.0. The van der Waals surface area contributed by atoms with Crippen LogP contribution in [0.5, 0.6) is 5.75 Å². The van der Waals surface area contributed by atoms with E-state index in [1.807, 2.05) is 32.2 Å². The van der Waals surface area contributed by atoms with E-state index in [2.05, 4.69) is 11.2 Å². The number of anilines is 1. The minimum atomic E-state index is -0.290. The van der Waals surface area contributed by atoms with Crippen LogP contribution in [-0.2, 0) is 11.4 Å². The number of benzene rings is 3. The lowest BCUT2D eigenvalue weighted by Crippen LogP contribution is -2.18. The number of ether oxygens (including phenoxy) is 1. The number of amides is 1. The van der Waals surface area contributed by atoms with Crippen LogP contribution in [0.25, 0.3) is 11.1 Å². The van der Waals surface area contributed by atoms with Gasteiger partial charge in [0.15, 0.2) is 0 Å². The number of hydrazine groups is 1. The van der Waals surface area contributed by atoms with Crippen molar-refractivity contribution in [2.24, 2.45) is 5.84 Å². The maximum Gasteiger partial charge on any atom is 0.221 e. The molecule has 0 aliphatic carbocycles. The lowest BCUT2D eigenvalue weighted by molar-refractivity contribution is -0.109. The first kappa shape index (κ1) is 22.2. The van der Waals surface area contributed by atoms with Gasteiger partial charge < -0.3 is 10.1 Å². The molecule has 0 heterocycles. The number of carbonyl (C=O) groups excluding carboxylic acids is 1. The van der Waals surface area contributed by atoms with E-state index >= 15 is 0 Å². The van der Waals surface area contributed by atoms with Crippen LogP contribution in [0.2, 0.25) is 5.02 Å². The number of hydrogen-bond acceptors (Lipinski definition) is 4. The van der Waals surface area contributed by atoms with E-state index in [4.69, 9.17) is 21.1 Å². The Bertz CT molecular complexity index is 949. The lowest BCUT2D eigenvalue weighted by atomic mass is 10.0. The minimum absolute atomic E-state index is 0.290. The van der Waals surface area contributed by atoms with Crippen molar-refractivity contribution in [3.05, 3.63) is 82.6 Å². The first-order valence-electron chi connectivity index (χ1n) is 8.84. The van der Waals surface area contributed by atoms with Crippen molar-refractivity contribution >= 4 is 23.7 Å². The fourth-order valence-corrected chi connectivity index (χ4v) is 2.85. The summed E-state index contributed by atoms with van der Waals surface area (Å²) in [6, 6.07) is 17.9. The Hall–Kier alpha value is -3.09. The van der Waals surface area contributed by atoms with Crippen molar-refractivity contribution < 1.29 is 13.9 Å². The molecule has 152 valence electrons. The second-order valence-electron chi connectivity index (χ2n) is 6.07. The summed E-state index contributed by atoms with van der Waals surface area (Å²) in [5.41, 5.74) is 6.27. The third kappa shape index (κ3) is 6.20. The van der Waals surface area contributed by atoms with Gasteiger partial charge in [-0.1, -0.05) is 35.9 Å². The third-order valence-electron chi connectivity index (χ3n) is 4.22. The van der Waals surface area contributed by atoms with E-state index < -0.39 is 0 Å². The average molecular weight is 416 g/mol. The largest absolute Gasteiger partial charge is 0.489 e. The highest BCUT2D eigenvalue weighted by Gasteiger charge is 2.09. The Morgan fingerprint density at radius 3 is 2.45 bits per heavy atom. The highest BCUT2D eigenvalue weighted by atomic mass is 35.5. The second-order valence-corrected chi connectivity index (χ2v) is 6.51. The van der Waals surface area contributed by atoms with Crippen molar-refractivity contribution in [3.63, 3.8) is 0 Å². The number of carbonyl (C=O) groups is 1. The summed E-state index contributed by atoms with van der Waals surface area (Å²) in [6.07, 6.45) is 0.403. The second kappa shape index (κ2) is 11.0. The topological polar surface area (TPSA) is 76.4 Å². The van der Waals surface area contributed by atoms with Gasteiger partial charge in [-0.15, -0.1) is 0 Å². The zero-order chi connectivity index (χ0) is 21.2. The molecule has 0 saturated carbocycles. The monoisotopic (exact) mass is 415 g/mol. The average Bonchev–Trinajstić information content (AvgIpc) is 2.74. The normalized spacial score (nSPS) is 9.83. The summed E-state index contributed by atoms with van der Waals surface area (Å²) in [5.74, 6) is 4.74. The van der Waals surface area contributed by atoms with Gasteiger partial charge in [0, 0.05) is 28.9 Å².